The van der Waals surface area contributed by atoms with E-state index in [9.17, 15) is 18.0 Å². The third-order valence-electron chi connectivity index (χ3n) is 4.02. The van der Waals surface area contributed by atoms with Gasteiger partial charge in [0.05, 0.1) is 0 Å². The molecule has 0 amide bonds. The molecule has 0 saturated heterocycles. The summed E-state index contributed by atoms with van der Waals surface area (Å²) in [5.41, 5.74) is 1.05. The number of hydrogen-bond acceptors (Lipinski definition) is 6. The van der Waals surface area contributed by atoms with E-state index in [0.29, 0.717) is 21.4 Å². The van der Waals surface area contributed by atoms with Crippen molar-refractivity contribution in [1.29, 1.82) is 0 Å². The molecule has 3 aromatic heterocycles. The third kappa shape index (κ3) is 2.88. The second-order valence-electron chi connectivity index (χ2n) is 5.88. The van der Waals surface area contributed by atoms with Crippen molar-refractivity contribution < 1.29 is 22.3 Å². The largest absolute Gasteiger partial charge is 0.453 e. The van der Waals surface area contributed by atoms with Crippen molar-refractivity contribution >= 4 is 16.6 Å². The zero-order valence-electron chi connectivity index (χ0n) is 14.0. The first-order valence-corrected chi connectivity index (χ1v) is 7.75. The number of hydrogen-bond donors (Lipinski definition) is 0. The van der Waals surface area contributed by atoms with Crippen LogP contribution < -0.4 is 10.4 Å². The normalized spacial score (nSPS) is 12.0. The van der Waals surface area contributed by atoms with E-state index in [0.717, 1.165) is 10.9 Å². The maximum absolute atomic E-state index is 13.0. The van der Waals surface area contributed by atoms with Gasteiger partial charge >= 0.3 is 11.8 Å². The molecule has 1 aromatic carbocycles. The molecule has 3 heterocycles. The van der Waals surface area contributed by atoms with Gasteiger partial charge in [0.15, 0.2) is 5.65 Å². The number of nitrogens with zero attached hydrogens (tertiary/aromatic N) is 4. The summed E-state index contributed by atoms with van der Waals surface area (Å²) in [6.07, 6.45) is -4.70. The molecule has 27 heavy (non-hydrogen) atoms. The van der Waals surface area contributed by atoms with Crippen LogP contribution in [0, 0.1) is 13.8 Å². The Bertz CT molecular complexity index is 1240. The highest BCUT2D eigenvalue weighted by atomic mass is 19.4. The molecule has 0 fully saturated rings. The van der Waals surface area contributed by atoms with Gasteiger partial charge in [0.2, 0.25) is 5.88 Å². The molecule has 0 spiro atoms. The molecule has 0 aliphatic heterocycles. The van der Waals surface area contributed by atoms with Gasteiger partial charge in [0.1, 0.15) is 11.3 Å². The lowest BCUT2D eigenvalue weighted by Crippen LogP contribution is -2.12. The minimum atomic E-state index is -4.70. The highest BCUT2D eigenvalue weighted by molar-refractivity contribution is 5.84. The number of halogens is 3. The number of aromatic nitrogens is 4. The number of aryl methyl sites for hydroxylation is 2. The first-order valence-electron chi connectivity index (χ1n) is 7.75. The predicted octanol–water partition coefficient (Wildman–Crippen LogP) is 3.66. The minimum absolute atomic E-state index is 0.0634. The number of rotatable bonds is 2. The number of benzene rings is 1. The van der Waals surface area contributed by atoms with E-state index in [4.69, 9.17) is 9.15 Å². The van der Waals surface area contributed by atoms with Crippen LogP contribution in [0.2, 0.25) is 0 Å². The smallest absolute Gasteiger partial charge is 0.437 e. The third-order valence-corrected chi connectivity index (χ3v) is 4.02. The number of fused-ring (bicyclic) bond motifs is 2. The summed E-state index contributed by atoms with van der Waals surface area (Å²) in [5, 5.41) is 11.1. The molecule has 0 N–H and O–H groups in total. The van der Waals surface area contributed by atoms with Crippen molar-refractivity contribution in [2.24, 2.45) is 0 Å². The summed E-state index contributed by atoms with van der Waals surface area (Å²) in [7, 11) is 0. The van der Waals surface area contributed by atoms with Crippen molar-refractivity contribution in [1.82, 2.24) is 19.8 Å². The van der Waals surface area contributed by atoms with Gasteiger partial charge in [-0.1, -0.05) is 0 Å². The molecule has 0 aliphatic carbocycles. The van der Waals surface area contributed by atoms with E-state index in [1.807, 2.05) is 0 Å². The molecule has 0 saturated carbocycles. The van der Waals surface area contributed by atoms with Crippen LogP contribution in [0.25, 0.3) is 16.6 Å². The molecule has 0 radical (unpaired) electrons. The van der Waals surface area contributed by atoms with Crippen LogP contribution in [-0.4, -0.2) is 19.8 Å². The summed E-state index contributed by atoms with van der Waals surface area (Å²) in [5.74, 6) is -1.05. The standard InChI is InChI=1S/C17H11F3N4O3/c1-8-7-14(25)27-15-9(2)11(4-3-10(8)15)26-13-6-5-12-21-22-16(17(18,19)20)24(12)23-13/h3-7H,1-2H3. The Morgan fingerprint density at radius 3 is 2.63 bits per heavy atom. The fraction of sp³-hybridized carbons (Fsp3) is 0.176. The zero-order valence-corrected chi connectivity index (χ0v) is 14.0. The van der Waals surface area contributed by atoms with E-state index in [2.05, 4.69) is 15.3 Å². The first kappa shape index (κ1) is 17.0. The molecular weight excluding hydrogens is 365 g/mol. The van der Waals surface area contributed by atoms with Crippen LogP contribution in [-0.2, 0) is 6.18 Å². The molecule has 0 bridgehead atoms. The summed E-state index contributed by atoms with van der Waals surface area (Å²) in [6.45, 7) is 3.46. The number of alkyl halides is 3. The van der Waals surface area contributed by atoms with Crippen molar-refractivity contribution in [2.75, 3.05) is 0 Å². The average molecular weight is 376 g/mol. The van der Waals surface area contributed by atoms with Gasteiger partial charge in [-0.15, -0.1) is 15.3 Å². The lowest BCUT2D eigenvalue weighted by Gasteiger charge is -2.11. The van der Waals surface area contributed by atoms with E-state index in [1.54, 1.807) is 26.0 Å². The summed E-state index contributed by atoms with van der Waals surface area (Å²) in [6, 6.07) is 7.40. The van der Waals surface area contributed by atoms with Gasteiger partial charge in [-0.25, -0.2) is 4.79 Å². The van der Waals surface area contributed by atoms with Crippen LogP contribution in [0.5, 0.6) is 11.6 Å². The average Bonchev–Trinajstić information content (AvgIpc) is 3.01. The van der Waals surface area contributed by atoms with Gasteiger partial charge in [-0.05, 0) is 37.6 Å². The van der Waals surface area contributed by atoms with Gasteiger partial charge in [0, 0.05) is 23.1 Å². The van der Waals surface area contributed by atoms with Crippen molar-refractivity contribution in [3.63, 3.8) is 0 Å². The maximum atomic E-state index is 13.0. The molecule has 4 rings (SSSR count). The Kier molecular flexibility index (Phi) is 3.65. The Morgan fingerprint density at radius 2 is 1.89 bits per heavy atom. The van der Waals surface area contributed by atoms with Crippen LogP contribution in [0.1, 0.15) is 17.0 Å². The fourth-order valence-corrected chi connectivity index (χ4v) is 2.73. The first-order chi connectivity index (χ1) is 12.7. The van der Waals surface area contributed by atoms with Gasteiger partial charge < -0.3 is 9.15 Å². The van der Waals surface area contributed by atoms with Gasteiger partial charge in [-0.2, -0.15) is 17.7 Å². The van der Waals surface area contributed by atoms with Crippen molar-refractivity contribution in [3.8, 4) is 11.6 Å². The summed E-state index contributed by atoms with van der Waals surface area (Å²) in [4.78, 5) is 11.6. The van der Waals surface area contributed by atoms with Gasteiger partial charge in [0.25, 0.3) is 5.82 Å². The quantitative estimate of drug-likeness (QED) is 0.497. The molecule has 10 heteroatoms. The SMILES string of the molecule is Cc1cc(=O)oc2c(C)c(Oc3ccc4nnc(C(F)(F)F)n4n3)ccc12. The molecule has 0 unspecified atom stereocenters. The predicted molar refractivity (Wildman–Crippen MR) is 87.8 cm³/mol. The highest BCUT2D eigenvalue weighted by Crippen LogP contribution is 2.32. The van der Waals surface area contributed by atoms with Crippen LogP contribution in [0.3, 0.4) is 0 Å². The molecule has 4 aromatic rings. The van der Waals surface area contributed by atoms with Crippen molar-refractivity contribution in [2.45, 2.75) is 20.0 Å². The second kappa shape index (κ2) is 5.79. The van der Waals surface area contributed by atoms with Crippen LogP contribution in [0.15, 0.2) is 39.5 Å². The molecule has 0 aliphatic rings. The summed E-state index contributed by atoms with van der Waals surface area (Å²) < 4.78 is 50.4. The Balaban J connectivity index is 1.80. The lowest BCUT2D eigenvalue weighted by molar-refractivity contribution is -0.146. The number of ether oxygens (including phenoxy) is 1. The molecular formula is C17H11F3N4O3. The molecule has 0 atom stereocenters. The topological polar surface area (TPSA) is 82.5 Å². The van der Waals surface area contributed by atoms with Crippen LogP contribution >= 0.6 is 0 Å². The lowest BCUT2D eigenvalue weighted by atomic mass is 10.1. The van der Waals surface area contributed by atoms with E-state index in [1.165, 1.54) is 18.2 Å². The molecule has 138 valence electrons. The maximum Gasteiger partial charge on any atom is 0.453 e. The Morgan fingerprint density at radius 1 is 1.11 bits per heavy atom. The minimum Gasteiger partial charge on any atom is -0.437 e. The zero-order chi connectivity index (χ0) is 19.3. The Labute approximate surface area is 149 Å². The Hall–Kier alpha value is -3.43. The highest BCUT2D eigenvalue weighted by Gasteiger charge is 2.37. The van der Waals surface area contributed by atoms with E-state index in [-0.39, 0.29) is 11.5 Å². The van der Waals surface area contributed by atoms with E-state index < -0.39 is 17.6 Å². The van der Waals surface area contributed by atoms with E-state index >= 15 is 0 Å². The molecule has 7 nitrogen and oxygen atoms in total. The van der Waals surface area contributed by atoms with Crippen molar-refractivity contribution in [3.05, 3.63) is 57.7 Å². The van der Waals surface area contributed by atoms with Crippen LogP contribution in [0.4, 0.5) is 13.2 Å². The fourth-order valence-electron chi connectivity index (χ4n) is 2.73. The summed E-state index contributed by atoms with van der Waals surface area (Å²) >= 11 is 0. The second-order valence-corrected chi connectivity index (χ2v) is 5.88. The monoisotopic (exact) mass is 376 g/mol. The van der Waals surface area contributed by atoms with Gasteiger partial charge in [-0.3, -0.25) is 0 Å².